The lowest BCUT2D eigenvalue weighted by Gasteiger charge is -1.91. The highest BCUT2D eigenvalue weighted by Crippen LogP contribution is 2.18. The zero-order chi connectivity index (χ0) is 9.64. The number of nitrogens with zero attached hydrogens (tertiary/aromatic N) is 1. The Hall–Kier alpha value is -1.06. The summed E-state index contributed by atoms with van der Waals surface area (Å²) in [5, 5.41) is 2.05. The smallest absolute Gasteiger partial charge is 0.0528 e. The van der Waals surface area contributed by atoms with Crippen LogP contribution < -0.4 is 0 Å². The van der Waals surface area contributed by atoms with E-state index in [1.807, 2.05) is 30.5 Å². The molecule has 0 spiro atoms. The van der Waals surface area contributed by atoms with Crippen molar-refractivity contribution in [1.29, 1.82) is 0 Å². The SMILES string of the molecule is C(=N\Sc1ccccc1)/c1cccs1. The van der Waals surface area contributed by atoms with Crippen molar-refractivity contribution in [2.24, 2.45) is 4.40 Å². The van der Waals surface area contributed by atoms with Crippen LogP contribution in [-0.4, -0.2) is 6.21 Å². The minimum atomic E-state index is 1.17. The predicted octanol–water partition coefficient (Wildman–Crippen LogP) is 3.87. The molecule has 0 saturated heterocycles. The molecule has 0 radical (unpaired) electrons. The van der Waals surface area contributed by atoms with Crippen molar-refractivity contribution < 1.29 is 0 Å². The van der Waals surface area contributed by atoms with Crippen LogP contribution in [0.2, 0.25) is 0 Å². The van der Waals surface area contributed by atoms with E-state index >= 15 is 0 Å². The third kappa shape index (κ3) is 2.72. The first-order valence-electron chi connectivity index (χ1n) is 4.24. The molecular weight excluding hydrogens is 210 g/mol. The summed E-state index contributed by atoms with van der Waals surface area (Å²) in [6.07, 6.45) is 1.89. The van der Waals surface area contributed by atoms with Crippen molar-refractivity contribution in [2.75, 3.05) is 0 Å². The molecule has 0 unspecified atom stereocenters. The van der Waals surface area contributed by atoms with Gasteiger partial charge in [0.05, 0.1) is 6.21 Å². The van der Waals surface area contributed by atoms with Crippen LogP contribution in [0.15, 0.2) is 57.1 Å². The maximum Gasteiger partial charge on any atom is 0.0528 e. The standard InChI is InChI=1S/C11H9NS2/c1-2-5-10(6-3-1)14-12-9-11-7-4-8-13-11/h1-9H/b12-9+. The van der Waals surface area contributed by atoms with E-state index in [-0.39, 0.29) is 0 Å². The van der Waals surface area contributed by atoms with E-state index in [1.165, 1.54) is 21.7 Å². The van der Waals surface area contributed by atoms with E-state index in [1.54, 1.807) is 11.3 Å². The van der Waals surface area contributed by atoms with Crippen LogP contribution in [0, 0.1) is 0 Å². The van der Waals surface area contributed by atoms with Crippen LogP contribution in [-0.2, 0) is 0 Å². The van der Waals surface area contributed by atoms with E-state index in [4.69, 9.17) is 0 Å². The molecule has 0 aliphatic heterocycles. The van der Waals surface area contributed by atoms with Gasteiger partial charge in [-0.2, -0.15) is 0 Å². The summed E-state index contributed by atoms with van der Waals surface area (Å²) < 4.78 is 4.29. The van der Waals surface area contributed by atoms with Gasteiger partial charge in [0, 0.05) is 21.7 Å². The molecule has 2 aromatic rings. The highest BCUT2D eigenvalue weighted by Gasteiger charge is 1.89. The maximum absolute atomic E-state index is 4.29. The fourth-order valence-corrected chi connectivity index (χ4v) is 2.20. The van der Waals surface area contributed by atoms with Crippen molar-refractivity contribution in [3.8, 4) is 0 Å². The molecule has 0 saturated carbocycles. The first-order chi connectivity index (χ1) is 6.95. The van der Waals surface area contributed by atoms with Gasteiger partial charge in [0.2, 0.25) is 0 Å². The Balaban J connectivity index is 1.95. The summed E-state index contributed by atoms with van der Waals surface area (Å²) in [5.41, 5.74) is 0. The molecule has 0 atom stereocenters. The molecular formula is C11H9NS2. The van der Waals surface area contributed by atoms with Gasteiger partial charge in [-0.3, -0.25) is 0 Å². The van der Waals surface area contributed by atoms with Crippen molar-refractivity contribution in [2.45, 2.75) is 4.90 Å². The number of hydrogen-bond donors (Lipinski definition) is 0. The molecule has 3 heteroatoms. The van der Waals surface area contributed by atoms with Crippen LogP contribution in [0.3, 0.4) is 0 Å². The van der Waals surface area contributed by atoms with Gasteiger partial charge in [0.25, 0.3) is 0 Å². The van der Waals surface area contributed by atoms with E-state index in [9.17, 15) is 0 Å². The Labute approximate surface area is 91.6 Å². The van der Waals surface area contributed by atoms with Crippen molar-refractivity contribution in [3.63, 3.8) is 0 Å². The van der Waals surface area contributed by atoms with Gasteiger partial charge in [-0.1, -0.05) is 24.3 Å². The average Bonchev–Trinajstić information content (AvgIpc) is 2.72. The molecule has 0 amide bonds. The van der Waals surface area contributed by atoms with Gasteiger partial charge in [0.15, 0.2) is 0 Å². The summed E-state index contributed by atoms with van der Waals surface area (Å²) in [6, 6.07) is 14.2. The lowest BCUT2D eigenvalue weighted by Crippen LogP contribution is -1.69. The van der Waals surface area contributed by atoms with E-state index in [0.29, 0.717) is 0 Å². The molecule has 0 bridgehead atoms. The van der Waals surface area contributed by atoms with Gasteiger partial charge in [-0.25, -0.2) is 4.40 Å². The second-order valence-corrected chi connectivity index (χ2v) is 4.50. The van der Waals surface area contributed by atoms with Crippen LogP contribution in [0.4, 0.5) is 0 Å². The Bertz CT molecular complexity index is 392. The highest BCUT2D eigenvalue weighted by molar-refractivity contribution is 7.98. The Morgan fingerprint density at radius 3 is 2.64 bits per heavy atom. The molecule has 0 aliphatic rings. The Kier molecular flexibility index (Phi) is 3.38. The van der Waals surface area contributed by atoms with E-state index in [0.717, 1.165) is 0 Å². The van der Waals surface area contributed by atoms with Crippen molar-refractivity contribution >= 4 is 29.5 Å². The lowest BCUT2D eigenvalue weighted by molar-refractivity contribution is 1.46. The van der Waals surface area contributed by atoms with Crippen molar-refractivity contribution in [1.82, 2.24) is 0 Å². The van der Waals surface area contributed by atoms with Crippen LogP contribution in [0.1, 0.15) is 4.88 Å². The summed E-state index contributed by atoms with van der Waals surface area (Å²) in [6.45, 7) is 0. The number of hydrogen-bond acceptors (Lipinski definition) is 3. The quantitative estimate of drug-likeness (QED) is 0.564. The Morgan fingerprint density at radius 1 is 1.07 bits per heavy atom. The van der Waals surface area contributed by atoms with Gasteiger partial charge in [0.1, 0.15) is 0 Å². The lowest BCUT2D eigenvalue weighted by atomic mass is 10.4. The average molecular weight is 219 g/mol. The Morgan fingerprint density at radius 2 is 1.93 bits per heavy atom. The van der Waals surface area contributed by atoms with Crippen LogP contribution in [0.5, 0.6) is 0 Å². The highest BCUT2D eigenvalue weighted by atomic mass is 32.2. The molecule has 0 fully saturated rings. The molecule has 0 N–H and O–H groups in total. The molecule has 14 heavy (non-hydrogen) atoms. The number of thiophene rings is 1. The van der Waals surface area contributed by atoms with Gasteiger partial charge in [-0.05, 0) is 23.6 Å². The predicted molar refractivity (Wildman–Crippen MR) is 64.2 cm³/mol. The van der Waals surface area contributed by atoms with E-state index < -0.39 is 0 Å². The first-order valence-corrected chi connectivity index (χ1v) is 5.89. The van der Waals surface area contributed by atoms with Gasteiger partial charge < -0.3 is 0 Å². The fourth-order valence-electron chi connectivity index (χ4n) is 0.985. The molecule has 1 aromatic heterocycles. The minimum absolute atomic E-state index is 1.17. The maximum atomic E-state index is 4.29. The van der Waals surface area contributed by atoms with Crippen LogP contribution in [0.25, 0.3) is 0 Å². The topological polar surface area (TPSA) is 12.4 Å². The molecule has 1 nitrogen and oxygen atoms in total. The number of rotatable bonds is 3. The van der Waals surface area contributed by atoms with Gasteiger partial charge in [-0.15, -0.1) is 11.3 Å². The third-order valence-corrected chi connectivity index (χ3v) is 3.13. The summed E-state index contributed by atoms with van der Waals surface area (Å²) in [4.78, 5) is 2.36. The van der Waals surface area contributed by atoms with Crippen molar-refractivity contribution in [3.05, 3.63) is 52.7 Å². The normalized spacial score (nSPS) is 10.9. The molecule has 0 aliphatic carbocycles. The largest absolute Gasteiger partial charge is 0.218 e. The summed E-state index contributed by atoms with van der Waals surface area (Å²) in [7, 11) is 0. The molecule has 1 heterocycles. The summed E-state index contributed by atoms with van der Waals surface area (Å²) >= 11 is 3.19. The first kappa shape index (κ1) is 9.49. The van der Waals surface area contributed by atoms with Gasteiger partial charge >= 0.3 is 0 Å². The zero-order valence-electron chi connectivity index (χ0n) is 7.46. The molecule has 2 rings (SSSR count). The summed E-state index contributed by atoms with van der Waals surface area (Å²) in [5.74, 6) is 0. The number of benzene rings is 1. The monoisotopic (exact) mass is 219 g/mol. The van der Waals surface area contributed by atoms with E-state index in [2.05, 4.69) is 28.0 Å². The molecule has 1 aromatic carbocycles. The second-order valence-electron chi connectivity index (χ2n) is 2.65. The second kappa shape index (κ2) is 4.98. The van der Waals surface area contributed by atoms with Crippen LogP contribution >= 0.6 is 23.3 Å². The minimum Gasteiger partial charge on any atom is -0.218 e. The zero-order valence-corrected chi connectivity index (χ0v) is 9.09. The fraction of sp³-hybridized carbons (Fsp3) is 0. The molecule has 70 valence electrons. The third-order valence-electron chi connectivity index (χ3n) is 1.62.